The number of hydrogen-bond donors (Lipinski definition) is 2. The molecule has 1 unspecified atom stereocenters. The Morgan fingerprint density at radius 2 is 2.40 bits per heavy atom. The van der Waals surface area contributed by atoms with E-state index in [0.29, 0.717) is 18.3 Å². The molecule has 0 radical (unpaired) electrons. The third-order valence-electron chi connectivity index (χ3n) is 2.60. The van der Waals surface area contributed by atoms with Gasteiger partial charge in [-0.1, -0.05) is 11.8 Å². The highest BCUT2D eigenvalue weighted by atomic mass is 32.2. The van der Waals surface area contributed by atoms with E-state index >= 15 is 0 Å². The topological polar surface area (TPSA) is 53.5 Å². The first-order valence-electron chi connectivity index (χ1n) is 5.51. The zero-order valence-electron chi connectivity index (χ0n) is 8.95. The molecule has 1 amide bonds. The molecule has 1 atom stereocenters. The van der Waals surface area contributed by atoms with Crippen molar-refractivity contribution in [3.8, 4) is 0 Å². The van der Waals surface area contributed by atoms with E-state index in [0.717, 1.165) is 17.6 Å². The van der Waals surface area contributed by atoms with Crippen LogP contribution in [0, 0.1) is 5.92 Å². The molecule has 2 N–H and O–H groups in total. The van der Waals surface area contributed by atoms with Gasteiger partial charge in [-0.2, -0.15) is 0 Å². The van der Waals surface area contributed by atoms with Crippen molar-refractivity contribution >= 4 is 22.8 Å². The molecule has 1 aliphatic carbocycles. The van der Waals surface area contributed by atoms with Gasteiger partial charge in [0.15, 0.2) is 5.17 Å². The summed E-state index contributed by atoms with van der Waals surface area (Å²) < 4.78 is 0. The van der Waals surface area contributed by atoms with Gasteiger partial charge >= 0.3 is 0 Å². The highest BCUT2D eigenvalue weighted by molar-refractivity contribution is 8.14. The second kappa shape index (κ2) is 4.88. The van der Waals surface area contributed by atoms with Crippen LogP contribution in [0.15, 0.2) is 4.99 Å². The minimum atomic E-state index is 0.0377. The maximum absolute atomic E-state index is 11.2. The number of thioether (sulfide) groups is 1. The normalized spacial score (nSPS) is 24.9. The standard InChI is InChI=1S/C10H17N3OS/c1-2-11-9(14)6-13-10-12-5-8(15-10)7-3-4-7/h7-8H,2-6H2,1H3,(H,11,14)(H,12,13). The van der Waals surface area contributed by atoms with Crippen LogP contribution in [-0.2, 0) is 4.79 Å². The molecule has 15 heavy (non-hydrogen) atoms. The summed E-state index contributed by atoms with van der Waals surface area (Å²) in [5, 5.41) is 7.44. The van der Waals surface area contributed by atoms with E-state index in [1.807, 2.05) is 6.92 Å². The van der Waals surface area contributed by atoms with Gasteiger partial charge in [-0.25, -0.2) is 0 Å². The monoisotopic (exact) mass is 227 g/mol. The van der Waals surface area contributed by atoms with Crippen LogP contribution in [0.25, 0.3) is 0 Å². The van der Waals surface area contributed by atoms with Gasteiger partial charge in [-0.3, -0.25) is 9.79 Å². The lowest BCUT2D eigenvalue weighted by Crippen LogP contribution is -2.35. The van der Waals surface area contributed by atoms with Crippen LogP contribution in [0.5, 0.6) is 0 Å². The largest absolute Gasteiger partial charge is 0.356 e. The summed E-state index contributed by atoms with van der Waals surface area (Å²) in [5.41, 5.74) is 0. The molecule has 0 spiro atoms. The van der Waals surface area contributed by atoms with Gasteiger partial charge in [0.1, 0.15) is 0 Å². The van der Waals surface area contributed by atoms with E-state index in [9.17, 15) is 4.79 Å². The molecule has 0 bridgehead atoms. The van der Waals surface area contributed by atoms with E-state index in [2.05, 4.69) is 15.6 Å². The Morgan fingerprint density at radius 1 is 1.60 bits per heavy atom. The van der Waals surface area contributed by atoms with Crippen molar-refractivity contribution in [1.82, 2.24) is 10.6 Å². The minimum absolute atomic E-state index is 0.0377. The molecule has 84 valence electrons. The molecule has 2 rings (SSSR count). The fourth-order valence-corrected chi connectivity index (χ4v) is 2.82. The predicted molar refractivity (Wildman–Crippen MR) is 63.1 cm³/mol. The fourth-order valence-electron chi connectivity index (χ4n) is 1.62. The molecular formula is C10H17N3OS. The summed E-state index contributed by atoms with van der Waals surface area (Å²) in [4.78, 5) is 15.6. The predicted octanol–water partition coefficient (Wildman–Crippen LogP) is 0.593. The van der Waals surface area contributed by atoms with Crippen LogP contribution in [0.1, 0.15) is 19.8 Å². The summed E-state index contributed by atoms with van der Waals surface area (Å²) in [6, 6.07) is 0. The number of carbonyl (C=O) groups is 1. The van der Waals surface area contributed by atoms with E-state index in [4.69, 9.17) is 0 Å². The lowest BCUT2D eigenvalue weighted by atomic mass is 10.3. The van der Waals surface area contributed by atoms with Crippen molar-refractivity contribution in [1.29, 1.82) is 0 Å². The number of hydrogen-bond acceptors (Lipinski definition) is 4. The molecule has 1 aliphatic heterocycles. The molecule has 5 heteroatoms. The molecule has 0 aromatic rings. The second-order valence-electron chi connectivity index (χ2n) is 3.95. The van der Waals surface area contributed by atoms with Crippen molar-refractivity contribution in [2.24, 2.45) is 10.9 Å². The van der Waals surface area contributed by atoms with Crippen LogP contribution in [-0.4, -0.2) is 36.0 Å². The Hall–Kier alpha value is -0.710. The smallest absolute Gasteiger partial charge is 0.239 e. The van der Waals surface area contributed by atoms with Gasteiger partial charge < -0.3 is 10.6 Å². The Labute approximate surface area is 94.3 Å². The Bertz CT molecular complexity index is 276. The molecule has 0 aromatic carbocycles. The Balaban J connectivity index is 1.65. The Morgan fingerprint density at radius 3 is 3.07 bits per heavy atom. The summed E-state index contributed by atoms with van der Waals surface area (Å²) >= 11 is 1.80. The summed E-state index contributed by atoms with van der Waals surface area (Å²) in [6.45, 7) is 3.87. The Kier molecular flexibility index (Phi) is 3.51. The quantitative estimate of drug-likeness (QED) is 0.739. The number of nitrogens with zero attached hydrogens (tertiary/aromatic N) is 1. The number of nitrogens with one attached hydrogen (secondary N) is 2. The minimum Gasteiger partial charge on any atom is -0.356 e. The summed E-state index contributed by atoms with van der Waals surface area (Å²) in [6.07, 6.45) is 2.72. The maximum atomic E-state index is 11.2. The van der Waals surface area contributed by atoms with Crippen LogP contribution in [0.2, 0.25) is 0 Å². The number of amidine groups is 1. The summed E-state index contributed by atoms with van der Waals surface area (Å²) in [7, 11) is 0. The highest BCUT2D eigenvalue weighted by Crippen LogP contribution is 2.41. The van der Waals surface area contributed by atoms with E-state index in [1.54, 1.807) is 11.8 Å². The van der Waals surface area contributed by atoms with Crippen molar-refractivity contribution in [3.05, 3.63) is 0 Å². The first-order valence-corrected chi connectivity index (χ1v) is 6.39. The van der Waals surface area contributed by atoms with Gasteiger partial charge in [0.05, 0.1) is 13.1 Å². The lowest BCUT2D eigenvalue weighted by Gasteiger charge is -2.07. The lowest BCUT2D eigenvalue weighted by molar-refractivity contribution is -0.119. The number of amides is 1. The number of carbonyl (C=O) groups excluding carboxylic acids is 1. The molecule has 2 aliphatic rings. The van der Waals surface area contributed by atoms with Gasteiger partial charge in [-0.05, 0) is 25.7 Å². The van der Waals surface area contributed by atoms with Gasteiger partial charge in [0.2, 0.25) is 5.91 Å². The van der Waals surface area contributed by atoms with Gasteiger partial charge in [0.25, 0.3) is 0 Å². The zero-order valence-corrected chi connectivity index (χ0v) is 9.77. The molecule has 0 aromatic heterocycles. The van der Waals surface area contributed by atoms with Crippen LogP contribution < -0.4 is 10.6 Å². The average molecular weight is 227 g/mol. The number of aliphatic imine (C=N–C) groups is 1. The molecule has 1 fully saturated rings. The SMILES string of the molecule is CCNC(=O)CNC1=NCC(C2CC2)S1. The van der Waals surface area contributed by atoms with Gasteiger partial charge in [0, 0.05) is 11.8 Å². The molecule has 0 saturated heterocycles. The third kappa shape index (κ3) is 3.12. The molecular weight excluding hydrogens is 210 g/mol. The molecule has 4 nitrogen and oxygen atoms in total. The number of rotatable bonds is 4. The van der Waals surface area contributed by atoms with Crippen LogP contribution in [0.3, 0.4) is 0 Å². The van der Waals surface area contributed by atoms with E-state index < -0.39 is 0 Å². The zero-order chi connectivity index (χ0) is 10.7. The first kappa shape index (κ1) is 10.8. The second-order valence-corrected chi connectivity index (χ2v) is 5.17. The van der Waals surface area contributed by atoms with Crippen LogP contribution in [0.4, 0.5) is 0 Å². The van der Waals surface area contributed by atoms with Crippen molar-refractivity contribution in [2.45, 2.75) is 25.0 Å². The van der Waals surface area contributed by atoms with Crippen molar-refractivity contribution in [2.75, 3.05) is 19.6 Å². The van der Waals surface area contributed by atoms with E-state index in [1.165, 1.54) is 12.8 Å². The molecule has 1 saturated carbocycles. The maximum Gasteiger partial charge on any atom is 0.239 e. The highest BCUT2D eigenvalue weighted by Gasteiger charge is 2.35. The third-order valence-corrected chi connectivity index (χ3v) is 3.93. The van der Waals surface area contributed by atoms with Crippen molar-refractivity contribution in [3.63, 3.8) is 0 Å². The average Bonchev–Trinajstić information content (AvgIpc) is 2.96. The first-order chi connectivity index (χ1) is 7.29. The number of likely N-dealkylation sites (N-methyl/N-ethyl adjacent to an activating group) is 1. The van der Waals surface area contributed by atoms with Gasteiger partial charge in [-0.15, -0.1) is 0 Å². The summed E-state index contributed by atoms with van der Waals surface area (Å²) in [5.74, 6) is 0.915. The fraction of sp³-hybridized carbons (Fsp3) is 0.800. The van der Waals surface area contributed by atoms with Crippen molar-refractivity contribution < 1.29 is 4.79 Å². The molecule has 1 heterocycles. The van der Waals surface area contributed by atoms with Crippen LogP contribution >= 0.6 is 11.8 Å². The van der Waals surface area contributed by atoms with E-state index in [-0.39, 0.29) is 5.91 Å².